The van der Waals surface area contributed by atoms with E-state index in [-0.39, 0.29) is 30.6 Å². The van der Waals surface area contributed by atoms with E-state index < -0.39 is 0 Å². The maximum absolute atomic E-state index is 13.9. The third-order valence-corrected chi connectivity index (χ3v) is 5.98. The molecular weight excluding hydrogens is 467 g/mol. The van der Waals surface area contributed by atoms with Crippen molar-refractivity contribution in [3.05, 3.63) is 131 Å². The lowest BCUT2D eigenvalue weighted by molar-refractivity contribution is -0.120. The van der Waals surface area contributed by atoms with E-state index in [2.05, 4.69) is 5.32 Å². The number of rotatable bonds is 9. The molecule has 5 nitrogen and oxygen atoms in total. The largest absolute Gasteiger partial charge is 0.497 e. The highest BCUT2D eigenvalue weighted by molar-refractivity contribution is 6.06. The molecule has 0 fully saturated rings. The van der Waals surface area contributed by atoms with Gasteiger partial charge in [-0.05, 0) is 66.1 Å². The summed E-state index contributed by atoms with van der Waals surface area (Å²) in [5.74, 6) is -0.118. The highest BCUT2D eigenvalue weighted by atomic mass is 19.1. The first-order valence-electron chi connectivity index (χ1n) is 12.0. The third kappa shape index (κ3) is 7.04. The minimum absolute atomic E-state index is 0.0849. The lowest BCUT2D eigenvalue weighted by Gasteiger charge is -2.24. The molecule has 0 spiro atoms. The first-order valence-corrected chi connectivity index (χ1v) is 12.0. The molecule has 0 unspecified atom stereocenters. The zero-order chi connectivity index (χ0) is 26.2. The maximum atomic E-state index is 13.9. The van der Waals surface area contributed by atoms with Crippen molar-refractivity contribution in [1.29, 1.82) is 0 Å². The number of hydrogen-bond acceptors (Lipinski definition) is 3. The first kappa shape index (κ1) is 25.6. The van der Waals surface area contributed by atoms with Crippen LogP contribution in [0.1, 0.15) is 32.6 Å². The van der Waals surface area contributed by atoms with Crippen LogP contribution in [-0.2, 0) is 24.3 Å². The van der Waals surface area contributed by atoms with Gasteiger partial charge >= 0.3 is 0 Å². The van der Waals surface area contributed by atoms with Crippen LogP contribution < -0.4 is 15.0 Å². The third-order valence-electron chi connectivity index (χ3n) is 5.98. The van der Waals surface area contributed by atoms with Crippen molar-refractivity contribution in [3.8, 4) is 5.75 Å². The summed E-state index contributed by atoms with van der Waals surface area (Å²) in [5, 5.41) is 2.95. The number of amides is 2. The summed E-state index contributed by atoms with van der Waals surface area (Å²) in [6, 6.07) is 28.4. The minimum atomic E-state index is -0.363. The van der Waals surface area contributed by atoms with Gasteiger partial charge in [0.25, 0.3) is 5.91 Å². The van der Waals surface area contributed by atoms with E-state index in [1.165, 1.54) is 12.1 Å². The van der Waals surface area contributed by atoms with Gasteiger partial charge in [-0.25, -0.2) is 4.39 Å². The van der Waals surface area contributed by atoms with Gasteiger partial charge < -0.3 is 15.0 Å². The Morgan fingerprint density at radius 3 is 2.30 bits per heavy atom. The van der Waals surface area contributed by atoms with Gasteiger partial charge in [0, 0.05) is 17.8 Å². The number of nitrogens with zero attached hydrogens (tertiary/aromatic N) is 1. The quantitative estimate of drug-likeness (QED) is 0.316. The van der Waals surface area contributed by atoms with Crippen LogP contribution in [0.15, 0.2) is 97.1 Å². The molecule has 188 valence electrons. The molecule has 0 aliphatic heterocycles. The smallest absolute Gasteiger partial charge is 0.258 e. The molecule has 6 heteroatoms. The van der Waals surface area contributed by atoms with Gasteiger partial charge in [-0.3, -0.25) is 9.59 Å². The van der Waals surface area contributed by atoms with Gasteiger partial charge in [-0.2, -0.15) is 0 Å². The molecule has 0 radical (unpaired) electrons. The summed E-state index contributed by atoms with van der Waals surface area (Å²) in [7, 11) is 1.55. The number of methoxy groups -OCH3 is 1. The Kier molecular flexibility index (Phi) is 8.31. The molecule has 0 heterocycles. The summed E-state index contributed by atoms with van der Waals surface area (Å²) in [6.45, 7) is 2.67. The Labute approximate surface area is 216 Å². The number of nitrogens with one attached hydrogen (secondary N) is 1. The van der Waals surface area contributed by atoms with E-state index in [0.717, 1.165) is 16.7 Å². The maximum Gasteiger partial charge on any atom is 0.258 e. The van der Waals surface area contributed by atoms with Crippen molar-refractivity contribution in [2.24, 2.45) is 0 Å². The zero-order valence-corrected chi connectivity index (χ0v) is 20.9. The summed E-state index contributed by atoms with van der Waals surface area (Å²) >= 11 is 0. The number of carbonyl (C=O) groups is 2. The second kappa shape index (κ2) is 12.0. The molecule has 4 aromatic carbocycles. The summed E-state index contributed by atoms with van der Waals surface area (Å²) < 4.78 is 19.1. The fourth-order valence-electron chi connectivity index (χ4n) is 4.07. The van der Waals surface area contributed by atoms with Crippen molar-refractivity contribution in [2.45, 2.75) is 26.4 Å². The molecule has 4 aromatic rings. The summed E-state index contributed by atoms with van der Waals surface area (Å²) in [4.78, 5) is 27.6. The first-order chi connectivity index (χ1) is 17.9. The number of aryl methyl sites for hydroxylation is 1. The fraction of sp³-hybridized carbons (Fsp3) is 0.161. The van der Waals surface area contributed by atoms with Crippen molar-refractivity contribution < 1.29 is 18.7 Å². The molecule has 0 bridgehead atoms. The molecule has 1 N–H and O–H groups in total. The summed E-state index contributed by atoms with van der Waals surface area (Å²) in [5.41, 5.74) is 4.78. The molecule has 0 saturated carbocycles. The second-order valence-electron chi connectivity index (χ2n) is 8.86. The standard InChI is InChI=1S/C31H29FN2O3/c1-22-6-3-7-24(16-22)20-33-30(35)18-23-12-14-28(15-13-23)34(21-25-8-4-10-27(32)17-25)31(36)26-9-5-11-29(19-26)37-2/h3-17,19H,18,20-21H2,1-2H3,(H,33,35). The van der Waals surface area contributed by atoms with E-state index in [1.807, 2.05) is 43.3 Å². The lowest BCUT2D eigenvalue weighted by atomic mass is 10.1. The molecule has 2 amide bonds. The topological polar surface area (TPSA) is 58.6 Å². The Morgan fingerprint density at radius 2 is 1.57 bits per heavy atom. The SMILES string of the molecule is COc1cccc(C(=O)N(Cc2cccc(F)c2)c2ccc(CC(=O)NCc3cccc(C)c3)cc2)c1. The van der Waals surface area contributed by atoms with Gasteiger partial charge in [0.15, 0.2) is 0 Å². The molecular formula is C31H29FN2O3. The predicted octanol–water partition coefficient (Wildman–Crippen LogP) is 5.85. The van der Waals surface area contributed by atoms with E-state index in [9.17, 15) is 14.0 Å². The molecule has 0 atom stereocenters. The highest BCUT2D eigenvalue weighted by Crippen LogP contribution is 2.23. The number of halogens is 1. The van der Waals surface area contributed by atoms with Crippen molar-refractivity contribution in [2.75, 3.05) is 12.0 Å². The number of anilines is 1. The summed E-state index contributed by atoms with van der Waals surface area (Å²) in [6.07, 6.45) is 0.222. The van der Waals surface area contributed by atoms with Crippen molar-refractivity contribution >= 4 is 17.5 Å². The Bertz CT molecular complexity index is 1390. The van der Waals surface area contributed by atoms with Crippen LogP contribution >= 0.6 is 0 Å². The number of hydrogen-bond donors (Lipinski definition) is 1. The average molecular weight is 497 g/mol. The second-order valence-corrected chi connectivity index (χ2v) is 8.86. The van der Waals surface area contributed by atoms with Crippen LogP contribution in [0.2, 0.25) is 0 Å². The Balaban J connectivity index is 1.50. The molecule has 4 rings (SSSR count). The number of ether oxygens (including phenoxy) is 1. The number of benzene rings is 4. The average Bonchev–Trinajstić information content (AvgIpc) is 2.91. The zero-order valence-electron chi connectivity index (χ0n) is 20.9. The Hall–Kier alpha value is -4.45. The van der Waals surface area contributed by atoms with Gasteiger partial charge in [-0.15, -0.1) is 0 Å². The van der Waals surface area contributed by atoms with Crippen molar-refractivity contribution in [1.82, 2.24) is 5.32 Å². The van der Waals surface area contributed by atoms with Gasteiger partial charge in [0.1, 0.15) is 11.6 Å². The highest BCUT2D eigenvalue weighted by Gasteiger charge is 2.19. The van der Waals surface area contributed by atoms with E-state index in [1.54, 1.807) is 60.5 Å². The normalized spacial score (nSPS) is 10.6. The van der Waals surface area contributed by atoms with Crippen LogP contribution in [0.5, 0.6) is 5.75 Å². The van der Waals surface area contributed by atoms with Gasteiger partial charge in [0.2, 0.25) is 5.91 Å². The molecule has 0 saturated heterocycles. The van der Waals surface area contributed by atoms with Crippen LogP contribution in [0, 0.1) is 12.7 Å². The van der Waals surface area contributed by atoms with E-state index in [0.29, 0.717) is 29.1 Å². The molecule has 37 heavy (non-hydrogen) atoms. The van der Waals surface area contributed by atoms with Crippen molar-refractivity contribution in [3.63, 3.8) is 0 Å². The monoisotopic (exact) mass is 496 g/mol. The molecule has 0 aromatic heterocycles. The van der Waals surface area contributed by atoms with Crippen LogP contribution in [0.3, 0.4) is 0 Å². The van der Waals surface area contributed by atoms with Gasteiger partial charge in [0.05, 0.1) is 20.1 Å². The molecule has 0 aliphatic carbocycles. The Morgan fingerprint density at radius 1 is 0.838 bits per heavy atom. The molecule has 0 aliphatic rings. The van der Waals surface area contributed by atoms with Crippen LogP contribution in [-0.4, -0.2) is 18.9 Å². The lowest BCUT2D eigenvalue weighted by Crippen LogP contribution is -2.30. The van der Waals surface area contributed by atoms with E-state index >= 15 is 0 Å². The van der Waals surface area contributed by atoms with Crippen LogP contribution in [0.4, 0.5) is 10.1 Å². The van der Waals surface area contributed by atoms with Crippen LogP contribution in [0.25, 0.3) is 0 Å². The fourth-order valence-corrected chi connectivity index (χ4v) is 4.07. The predicted molar refractivity (Wildman–Crippen MR) is 143 cm³/mol. The van der Waals surface area contributed by atoms with E-state index in [4.69, 9.17) is 4.74 Å². The number of carbonyl (C=O) groups excluding carboxylic acids is 2. The van der Waals surface area contributed by atoms with Gasteiger partial charge in [-0.1, -0.05) is 60.2 Å². The minimum Gasteiger partial charge on any atom is -0.497 e.